The van der Waals surface area contributed by atoms with E-state index in [1.54, 1.807) is 0 Å². The van der Waals surface area contributed by atoms with Crippen LogP contribution < -0.4 is 9.80 Å². The lowest BCUT2D eigenvalue weighted by Crippen LogP contribution is -2.31. The van der Waals surface area contributed by atoms with Gasteiger partial charge in [-0.25, -0.2) is 0 Å². The van der Waals surface area contributed by atoms with Crippen molar-refractivity contribution in [1.29, 1.82) is 0 Å². The van der Waals surface area contributed by atoms with Crippen molar-refractivity contribution in [2.45, 2.75) is 31.6 Å². The molecule has 0 radical (unpaired) electrons. The van der Waals surface area contributed by atoms with Crippen molar-refractivity contribution in [2.75, 3.05) is 36.7 Å². The molecule has 0 spiro atoms. The molecule has 4 N–H and O–H groups in total. The number of aromatic nitrogens is 3. The van der Waals surface area contributed by atoms with E-state index in [1.165, 1.54) is 0 Å². The zero-order valence-corrected chi connectivity index (χ0v) is 11.8. The average Bonchev–Trinajstić information content (AvgIpc) is 3.04. The molecule has 1 aliphatic carbocycles. The molecule has 0 aliphatic heterocycles. The summed E-state index contributed by atoms with van der Waals surface area (Å²) in [5, 5.41) is 36.9. The van der Waals surface area contributed by atoms with Crippen LogP contribution in [-0.2, 0) is 0 Å². The van der Waals surface area contributed by atoms with Crippen LogP contribution >= 0.6 is 0 Å². The van der Waals surface area contributed by atoms with Crippen molar-refractivity contribution in [2.24, 2.45) is 0 Å². The standard InChI is InChI=1S/C12H21N5O4/c18-5-16(6-19)11-13-10(9-3-1-2-4-9)14-12(15-11)17(7-20)8-21/h9,18-21H,1-8H2. The number of rotatable bonds is 7. The summed E-state index contributed by atoms with van der Waals surface area (Å²) in [5.41, 5.74) is 0. The minimum absolute atomic E-state index is 0.124. The van der Waals surface area contributed by atoms with Gasteiger partial charge < -0.3 is 20.4 Å². The molecule has 1 fully saturated rings. The van der Waals surface area contributed by atoms with E-state index in [-0.39, 0.29) is 17.8 Å². The molecular weight excluding hydrogens is 278 g/mol. The first-order valence-electron chi connectivity index (χ1n) is 6.92. The monoisotopic (exact) mass is 299 g/mol. The Labute approximate surface area is 122 Å². The maximum atomic E-state index is 9.23. The summed E-state index contributed by atoms with van der Waals surface area (Å²) in [6.07, 6.45) is 4.15. The molecule has 1 saturated carbocycles. The molecule has 1 aromatic rings. The third kappa shape index (κ3) is 3.56. The molecule has 118 valence electrons. The van der Waals surface area contributed by atoms with Crippen LogP contribution in [0.4, 0.5) is 11.9 Å². The molecule has 0 amide bonds. The van der Waals surface area contributed by atoms with Gasteiger partial charge in [0.1, 0.15) is 32.7 Å². The Morgan fingerprint density at radius 2 is 1.19 bits per heavy atom. The largest absolute Gasteiger partial charge is 0.376 e. The predicted molar refractivity (Wildman–Crippen MR) is 74.3 cm³/mol. The summed E-state index contributed by atoms with van der Waals surface area (Å²) >= 11 is 0. The van der Waals surface area contributed by atoms with Crippen LogP contribution in [0.15, 0.2) is 0 Å². The van der Waals surface area contributed by atoms with Gasteiger partial charge in [0.05, 0.1) is 0 Å². The Balaban J connectivity index is 2.39. The maximum Gasteiger partial charge on any atom is 0.234 e. The first-order valence-corrected chi connectivity index (χ1v) is 6.92. The van der Waals surface area contributed by atoms with E-state index in [1.807, 2.05) is 0 Å². The second-order valence-corrected chi connectivity index (χ2v) is 4.92. The molecule has 1 heterocycles. The zero-order chi connectivity index (χ0) is 15.2. The molecule has 0 unspecified atom stereocenters. The summed E-state index contributed by atoms with van der Waals surface area (Å²) in [6, 6.07) is 0. The normalized spacial score (nSPS) is 15.4. The lowest BCUT2D eigenvalue weighted by atomic mass is 10.1. The summed E-state index contributed by atoms with van der Waals surface area (Å²) in [7, 11) is 0. The van der Waals surface area contributed by atoms with Gasteiger partial charge in [-0.3, -0.25) is 9.80 Å². The molecule has 9 heteroatoms. The van der Waals surface area contributed by atoms with Crippen LogP contribution in [0, 0.1) is 0 Å². The van der Waals surface area contributed by atoms with Gasteiger partial charge in [0.15, 0.2) is 0 Å². The van der Waals surface area contributed by atoms with E-state index in [9.17, 15) is 20.4 Å². The number of nitrogens with zero attached hydrogens (tertiary/aromatic N) is 5. The van der Waals surface area contributed by atoms with Crippen LogP contribution in [-0.4, -0.2) is 62.3 Å². The van der Waals surface area contributed by atoms with Gasteiger partial charge in [0, 0.05) is 5.92 Å². The SMILES string of the molecule is OCN(CO)c1nc(C2CCCC2)nc(N(CO)CO)n1. The van der Waals surface area contributed by atoms with Gasteiger partial charge in [0.2, 0.25) is 11.9 Å². The molecule has 0 atom stereocenters. The van der Waals surface area contributed by atoms with Crippen LogP contribution in [0.2, 0.25) is 0 Å². The average molecular weight is 299 g/mol. The fourth-order valence-corrected chi connectivity index (χ4v) is 2.36. The molecule has 1 aliphatic rings. The third-order valence-corrected chi connectivity index (χ3v) is 3.60. The lowest BCUT2D eigenvalue weighted by molar-refractivity contribution is 0.217. The first kappa shape index (κ1) is 15.8. The molecule has 0 aromatic carbocycles. The Hall–Kier alpha value is -1.55. The first-order chi connectivity index (χ1) is 10.2. The molecular formula is C12H21N5O4. The lowest BCUT2D eigenvalue weighted by Gasteiger charge is -2.22. The smallest absolute Gasteiger partial charge is 0.234 e. The van der Waals surface area contributed by atoms with Crippen molar-refractivity contribution in [3.63, 3.8) is 0 Å². The highest BCUT2D eigenvalue weighted by Crippen LogP contribution is 2.33. The highest BCUT2D eigenvalue weighted by molar-refractivity contribution is 5.38. The molecule has 1 aromatic heterocycles. The fraction of sp³-hybridized carbons (Fsp3) is 0.750. The minimum Gasteiger partial charge on any atom is -0.376 e. The second-order valence-electron chi connectivity index (χ2n) is 4.92. The molecule has 21 heavy (non-hydrogen) atoms. The highest BCUT2D eigenvalue weighted by Gasteiger charge is 2.24. The van der Waals surface area contributed by atoms with Crippen LogP contribution in [0.3, 0.4) is 0 Å². The van der Waals surface area contributed by atoms with E-state index < -0.39 is 26.9 Å². The predicted octanol–water partition coefficient (Wildman–Crippen LogP) is -1.06. The van der Waals surface area contributed by atoms with E-state index in [0.29, 0.717) is 5.82 Å². The van der Waals surface area contributed by atoms with Crippen molar-refractivity contribution in [3.8, 4) is 0 Å². The number of aliphatic hydroxyl groups is 4. The Morgan fingerprint density at radius 1 is 0.762 bits per heavy atom. The summed E-state index contributed by atoms with van der Waals surface area (Å²) in [5.74, 6) is 1.01. The summed E-state index contributed by atoms with van der Waals surface area (Å²) in [6.45, 7) is -1.77. The van der Waals surface area contributed by atoms with Crippen molar-refractivity contribution >= 4 is 11.9 Å². The van der Waals surface area contributed by atoms with Gasteiger partial charge in [-0.2, -0.15) is 15.0 Å². The van der Waals surface area contributed by atoms with Crippen LogP contribution in [0.5, 0.6) is 0 Å². The number of anilines is 2. The minimum atomic E-state index is -0.442. The Kier molecular flexibility index (Phi) is 5.62. The van der Waals surface area contributed by atoms with E-state index in [0.717, 1.165) is 35.5 Å². The van der Waals surface area contributed by atoms with Crippen molar-refractivity contribution in [3.05, 3.63) is 5.82 Å². The fourth-order valence-electron chi connectivity index (χ4n) is 2.36. The molecule has 2 rings (SSSR count). The van der Waals surface area contributed by atoms with Crippen molar-refractivity contribution < 1.29 is 20.4 Å². The number of hydrogen-bond acceptors (Lipinski definition) is 9. The quantitative estimate of drug-likeness (QED) is 0.466. The van der Waals surface area contributed by atoms with Gasteiger partial charge in [-0.05, 0) is 12.8 Å². The van der Waals surface area contributed by atoms with Crippen molar-refractivity contribution in [1.82, 2.24) is 15.0 Å². The van der Waals surface area contributed by atoms with Gasteiger partial charge in [-0.15, -0.1) is 0 Å². The van der Waals surface area contributed by atoms with E-state index in [4.69, 9.17) is 0 Å². The van der Waals surface area contributed by atoms with E-state index in [2.05, 4.69) is 15.0 Å². The topological polar surface area (TPSA) is 126 Å². The zero-order valence-electron chi connectivity index (χ0n) is 11.8. The van der Waals surface area contributed by atoms with Gasteiger partial charge in [0.25, 0.3) is 0 Å². The van der Waals surface area contributed by atoms with E-state index >= 15 is 0 Å². The third-order valence-electron chi connectivity index (χ3n) is 3.60. The second kappa shape index (κ2) is 7.46. The van der Waals surface area contributed by atoms with Gasteiger partial charge in [-0.1, -0.05) is 12.8 Å². The highest BCUT2D eigenvalue weighted by atomic mass is 16.3. The number of aliphatic hydroxyl groups excluding tert-OH is 4. The Bertz CT molecular complexity index is 387. The molecule has 0 saturated heterocycles. The summed E-state index contributed by atoms with van der Waals surface area (Å²) < 4.78 is 0. The summed E-state index contributed by atoms with van der Waals surface area (Å²) in [4.78, 5) is 15.0. The molecule has 9 nitrogen and oxygen atoms in total. The van der Waals surface area contributed by atoms with Crippen LogP contribution in [0.1, 0.15) is 37.4 Å². The number of hydrogen-bond donors (Lipinski definition) is 4. The van der Waals surface area contributed by atoms with Crippen LogP contribution in [0.25, 0.3) is 0 Å². The Morgan fingerprint density at radius 3 is 1.57 bits per heavy atom. The molecule has 0 bridgehead atoms. The van der Waals surface area contributed by atoms with Gasteiger partial charge >= 0.3 is 0 Å². The maximum absolute atomic E-state index is 9.23.